The van der Waals surface area contributed by atoms with Gasteiger partial charge in [-0.2, -0.15) is 4.98 Å². The largest absolute Gasteiger partial charge is 0.573 e. The third kappa shape index (κ3) is 5.25. The summed E-state index contributed by atoms with van der Waals surface area (Å²) in [6.07, 6.45) is -3.41. The molecule has 1 aromatic carbocycles. The number of carbonyl (C=O) groups is 1. The Balaban J connectivity index is 1.44. The van der Waals surface area contributed by atoms with E-state index in [0.717, 1.165) is 0 Å². The van der Waals surface area contributed by atoms with Gasteiger partial charge in [0.2, 0.25) is 17.8 Å². The molecule has 0 radical (unpaired) electrons. The number of H-pyrrole nitrogens is 1. The molecule has 4 N–H and O–H groups in total. The van der Waals surface area contributed by atoms with Crippen molar-refractivity contribution >= 4 is 17.8 Å². The number of nitrogens with two attached hydrogens (primary N) is 1. The van der Waals surface area contributed by atoms with E-state index in [-0.39, 0.29) is 30.1 Å². The number of alkyl halides is 3. The maximum absolute atomic E-state index is 12.3. The van der Waals surface area contributed by atoms with Crippen LogP contribution in [-0.4, -0.2) is 40.5 Å². The molecule has 0 atom stereocenters. The van der Waals surface area contributed by atoms with Crippen molar-refractivity contribution in [3.05, 3.63) is 29.8 Å². The lowest BCUT2D eigenvalue weighted by atomic mass is 9.96. The third-order valence-electron chi connectivity index (χ3n) is 4.28. The van der Waals surface area contributed by atoms with Crippen LogP contribution in [0.4, 0.5) is 25.1 Å². The summed E-state index contributed by atoms with van der Waals surface area (Å²) in [4.78, 5) is 18.4. The summed E-state index contributed by atoms with van der Waals surface area (Å²) < 4.78 is 40.2. The van der Waals surface area contributed by atoms with Gasteiger partial charge in [0.15, 0.2) is 0 Å². The zero-order valence-electron chi connectivity index (χ0n) is 14.3. The topological polar surface area (TPSA) is 109 Å². The van der Waals surface area contributed by atoms with Crippen molar-refractivity contribution in [1.82, 2.24) is 20.5 Å². The molecule has 0 bridgehead atoms. The maximum atomic E-state index is 12.3. The van der Waals surface area contributed by atoms with E-state index in [1.807, 2.05) is 4.90 Å². The van der Waals surface area contributed by atoms with E-state index in [0.29, 0.717) is 37.4 Å². The number of aromatic amines is 1. The van der Waals surface area contributed by atoms with Gasteiger partial charge in [-0.3, -0.25) is 4.79 Å². The van der Waals surface area contributed by atoms with E-state index < -0.39 is 6.36 Å². The predicted octanol–water partition coefficient (Wildman–Crippen LogP) is 1.82. The molecule has 0 unspecified atom stereocenters. The Morgan fingerprint density at radius 2 is 1.96 bits per heavy atom. The fourth-order valence-electron chi connectivity index (χ4n) is 2.90. The summed E-state index contributed by atoms with van der Waals surface area (Å²) in [5.74, 6) is 0.263. The SMILES string of the molecule is Nc1n[nH]c(N2CCC(C(=O)NCc3ccc(OC(F)(F)F)cc3)CC2)n1. The molecule has 8 nitrogen and oxygen atoms in total. The van der Waals surface area contributed by atoms with Crippen molar-refractivity contribution in [2.45, 2.75) is 25.7 Å². The number of nitrogens with zero attached hydrogens (tertiary/aromatic N) is 3. The van der Waals surface area contributed by atoms with Gasteiger partial charge in [-0.15, -0.1) is 18.3 Å². The number of amides is 1. The first kappa shape index (κ1) is 18.8. The number of nitrogens with one attached hydrogen (secondary N) is 2. The number of benzene rings is 1. The molecule has 1 fully saturated rings. The molecular weight excluding hydrogens is 365 g/mol. The Labute approximate surface area is 152 Å². The number of halogens is 3. The highest BCUT2D eigenvalue weighted by Gasteiger charge is 2.31. The Kier molecular flexibility index (Phi) is 5.38. The van der Waals surface area contributed by atoms with Crippen LogP contribution in [0, 0.1) is 5.92 Å². The van der Waals surface area contributed by atoms with E-state index in [9.17, 15) is 18.0 Å². The zero-order valence-corrected chi connectivity index (χ0v) is 14.3. The molecule has 0 spiro atoms. The van der Waals surface area contributed by atoms with Crippen molar-refractivity contribution in [1.29, 1.82) is 0 Å². The smallest absolute Gasteiger partial charge is 0.406 e. The van der Waals surface area contributed by atoms with E-state index in [1.54, 1.807) is 0 Å². The quantitative estimate of drug-likeness (QED) is 0.726. The van der Waals surface area contributed by atoms with Gasteiger partial charge >= 0.3 is 6.36 Å². The van der Waals surface area contributed by atoms with Crippen molar-refractivity contribution in [3.63, 3.8) is 0 Å². The summed E-state index contributed by atoms with van der Waals surface area (Å²) >= 11 is 0. The van der Waals surface area contributed by atoms with Gasteiger partial charge in [0.1, 0.15) is 5.75 Å². The third-order valence-corrected chi connectivity index (χ3v) is 4.28. The van der Waals surface area contributed by atoms with Crippen LogP contribution in [0.1, 0.15) is 18.4 Å². The van der Waals surface area contributed by atoms with E-state index in [4.69, 9.17) is 5.73 Å². The number of carbonyl (C=O) groups excluding carboxylic acids is 1. The number of rotatable bonds is 5. The van der Waals surface area contributed by atoms with Crippen molar-refractivity contribution < 1.29 is 22.7 Å². The summed E-state index contributed by atoms with van der Waals surface area (Å²) in [7, 11) is 0. The van der Waals surface area contributed by atoms with Crippen LogP contribution in [-0.2, 0) is 11.3 Å². The standard InChI is InChI=1S/C16H19F3N6O2/c17-16(18,19)27-12-3-1-10(2-4-12)9-21-13(26)11-5-7-25(8-6-11)15-22-14(20)23-24-15/h1-4,11H,5-9H2,(H,21,26)(H3,20,22,23,24). The predicted molar refractivity (Wildman–Crippen MR) is 90.7 cm³/mol. The number of nitrogen functional groups attached to an aromatic ring is 1. The lowest BCUT2D eigenvalue weighted by Gasteiger charge is -2.30. The molecule has 0 aliphatic carbocycles. The average Bonchev–Trinajstić information content (AvgIpc) is 3.06. The monoisotopic (exact) mass is 384 g/mol. The first-order valence-electron chi connectivity index (χ1n) is 8.35. The normalized spacial score (nSPS) is 15.6. The van der Waals surface area contributed by atoms with Crippen LogP contribution in [0.2, 0.25) is 0 Å². The first-order chi connectivity index (χ1) is 12.8. The minimum absolute atomic E-state index is 0.0812. The Morgan fingerprint density at radius 1 is 1.30 bits per heavy atom. The van der Waals surface area contributed by atoms with Crippen molar-refractivity contribution in [2.24, 2.45) is 5.92 Å². The van der Waals surface area contributed by atoms with Gasteiger partial charge in [-0.1, -0.05) is 12.1 Å². The fraction of sp³-hybridized carbons (Fsp3) is 0.438. The van der Waals surface area contributed by atoms with E-state index >= 15 is 0 Å². The number of aromatic nitrogens is 3. The van der Waals surface area contributed by atoms with Crippen LogP contribution in [0.25, 0.3) is 0 Å². The molecule has 1 aliphatic rings. The Bertz CT molecular complexity index is 769. The van der Waals surface area contributed by atoms with Gasteiger partial charge in [-0.25, -0.2) is 5.10 Å². The second kappa shape index (κ2) is 7.72. The Morgan fingerprint density at radius 3 is 2.52 bits per heavy atom. The number of anilines is 2. The molecular formula is C16H19F3N6O2. The highest BCUT2D eigenvalue weighted by molar-refractivity contribution is 5.78. The minimum Gasteiger partial charge on any atom is -0.406 e. The molecule has 1 amide bonds. The number of hydrogen-bond acceptors (Lipinski definition) is 6. The highest BCUT2D eigenvalue weighted by atomic mass is 19.4. The lowest BCUT2D eigenvalue weighted by Crippen LogP contribution is -2.40. The molecule has 1 aromatic heterocycles. The number of hydrogen-bond donors (Lipinski definition) is 3. The van der Waals surface area contributed by atoms with Crippen LogP contribution < -0.4 is 20.7 Å². The first-order valence-corrected chi connectivity index (χ1v) is 8.35. The van der Waals surface area contributed by atoms with Gasteiger partial charge < -0.3 is 20.7 Å². The van der Waals surface area contributed by atoms with Gasteiger partial charge in [0, 0.05) is 25.6 Å². The van der Waals surface area contributed by atoms with Crippen molar-refractivity contribution in [3.8, 4) is 5.75 Å². The lowest BCUT2D eigenvalue weighted by molar-refractivity contribution is -0.274. The summed E-state index contributed by atoms with van der Waals surface area (Å²) in [6, 6.07) is 5.41. The second-order valence-electron chi connectivity index (χ2n) is 6.19. The molecule has 11 heteroatoms. The number of piperidine rings is 1. The maximum Gasteiger partial charge on any atom is 0.573 e. The molecule has 3 rings (SSSR count). The van der Waals surface area contributed by atoms with Crippen LogP contribution in [0.15, 0.2) is 24.3 Å². The van der Waals surface area contributed by atoms with Gasteiger partial charge in [0.25, 0.3) is 0 Å². The molecule has 146 valence electrons. The van der Waals surface area contributed by atoms with Crippen LogP contribution in [0.3, 0.4) is 0 Å². The summed E-state index contributed by atoms with van der Waals surface area (Å²) in [5.41, 5.74) is 6.17. The van der Waals surface area contributed by atoms with E-state index in [2.05, 4.69) is 25.2 Å². The van der Waals surface area contributed by atoms with Crippen molar-refractivity contribution in [2.75, 3.05) is 23.7 Å². The fourth-order valence-corrected chi connectivity index (χ4v) is 2.90. The molecule has 27 heavy (non-hydrogen) atoms. The minimum atomic E-state index is -4.72. The van der Waals surface area contributed by atoms with Crippen LogP contribution >= 0.6 is 0 Å². The van der Waals surface area contributed by atoms with Crippen LogP contribution in [0.5, 0.6) is 5.75 Å². The zero-order chi connectivity index (χ0) is 19.4. The second-order valence-corrected chi connectivity index (χ2v) is 6.19. The van der Waals surface area contributed by atoms with Gasteiger partial charge in [0.05, 0.1) is 0 Å². The molecule has 2 aromatic rings. The molecule has 2 heterocycles. The molecule has 1 saturated heterocycles. The average molecular weight is 384 g/mol. The molecule has 0 saturated carbocycles. The molecule has 1 aliphatic heterocycles. The van der Waals surface area contributed by atoms with Gasteiger partial charge in [-0.05, 0) is 30.5 Å². The Hall–Kier alpha value is -2.98. The summed E-state index contributed by atoms with van der Waals surface area (Å²) in [6.45, 7) is 1.54. The highest BCUT2D eigenvalue weighted by Crippen LogP contribution is 2.23. The summed E-state index contributed by atoms with van der Waals surface area (Å²) in [5, 5.41) is 9.35. The van der Waals surface area contributed by atoms with E-state index in [1.165, 1.54) is 24.3 Å². The number of ether oxygens (including phenoxy) is 1.